The lowest BCUT2D eigenvalue weighted by Gasteiger charge is -2.14. The Morgan fingerprint density at radius 3 is 3.23 bits per heavy atom. The Labute approximate surface area is 87.5 Å². The topological polar surface area (TPSA) is 9.23 Å². The van der Waals surface area contributed by atoms with Crippen molar-refractivity contribution < 1.29 is 4.74 Å². The Morgan fingerprint density at radius 2 is 2.62 bits per heavy atom. The molecule has 1 fully saturated rings. The van der Waals surface area contributed by atoms with Gasteiger partial charge in [-0.15, -0.1) is 23.1 Å². The fraction of sp³-hybridized carbons (Fsp3) is 0.600. The Kier molecular flexibility index (Phi) is 3.30. The molecule has 2 heterocycles. The van der Waals surface area contributed by atoms with Gasteiger partial charge in [0.05, 0.1) is 0 Å². The highest BCUT2D eigenvalue weighted by Gasteiger charge is 2.19. The largest absolute Gasteiger partial charge is 0.368 e. The smallest absolute Gasteiger partial charge is 0.103 e. The Balaban J connectivity index is 1.87. The van der Waals surface area contributed by atoms with Crippen LogP contribution in [0.15, 0.2) is 17.5 Å². The highest BCUT2D eigenvalue weighted by Crippen LogP contribution is 2.37. The van der Waals surface area contributed by atoms with E-state index >= 15 is 0 Å². The summed E-state index contributed by atoms with van der Waals surface area (Å²) in [6, 6.07) is 4.32. The van der Waals surface area contributed by atoms with Crippen molar-refractivity contribution in [2.45, 2.75) is 30.5 Å². The fourth-order valence-electron chi connectivity index (χ4n) is 1.47. The zero-order chi connectivity index (χ0) is 9.10. The van der Waals surface area contributed by atoms with E-state index in [9.17, 15) is 0 Å². The Morgan fingerprint density at radius 1 is 1.69 bits per heavy atom. The van der Waals surface area contributed by atoms with Gasteiger partial charge in [0.1, 0.15) is 5.44 Å². The lowest BCUT2D eigenvalue weighted by molar-refractivity contribution is 0.173. The van der Waals surface area contributed by atoms with Crippen molar-refractivity contribution in [1.82, 2.24) is 0 Å². The zero-order valence-electron chi connectivity index (χ0n) is 7.73. The van der Waals surface area contributed by atoms with E-state index in [4.69, 9.17) is 4.74 Å². The van der Waals surface area contributed by atoms with Crippen LogP contribution in [0.4, 0.5) is 0 Å². The van der Waals surface area contributed by atoms with E-state index in [1.807, 2.05) is 23.1 Å². The van der Waals surface area contributed by atoms with Gasteiger partial charge in [-0.05, 0) is 31.2 Å². The summed E-state index contributed by atoms with van der Waals surface area (Å²) >= 11 is 3.79. The van der Waals surface area contributed by atoms with E-state index in [0.29, 0.717) is 10.7 Å². The first-order valence-corrected chi connectivity index (χ1v) is 6.49. The van der Waals surface area contributed by atoms with Crippen LogP contribution in [0.5, 0.6) is 0 Å². The zero-order valence-corrected chi connectivity index (χ0v) is 9.37. The second kappa shape index (κ2) is 4.49. The van der Waals surface area contributed by atoms with E-state index in [1.54, 1.807) is 0 Å². The maximum atomic E-state index is 5.59. The molecule has 0 bridgehead atoms. The van der Waals surface area contributed by atoms with E-state index in [-0.39, 0.29) is 0 Å². The van der Waals surface area contributed by atoms with Gasteiger partial charge < -0.3 is 4.74 Å². The summed E-state index contributed by atoms with van der Waals surface area (Å²) in [4.78, 5) is 1.46. The molecule has 1 aliphatic heterocycles. The fourth-order valence-corrected chi connectivity index (χ4v) is 3.61. The molecule has 72 valence electrons. The molecule has 2 atom stereocenters. The number of thioether (sulfide) groups is 1. The Bertz CT molecular complexity index is 239. The summed E-state index contributed by atoms with van der Waals surface area (Å²) in [5, 5.41) is 2.73. The van der Waals surface area contributed by atoms with Crippen LogP contribution in [0, 0.1) is 0 Å². The molecule has 0 spiro atoms. The van der Waals surface area contributed by atoms with Gasteiger partial charge in [-0.1, -0.05) is 6.07 Å². The summed E-state index contributed by atoms with van der Waals surface area (Å²) in [7, 11) is 0. The molecule has 0 aliphatic carbocycles. The van der Waals surface area contributed by atoms with Crippen molar-refractivity contribution in [2.24, 2.45) is 0 Å². The molecule has 1 aromatic rings. The van der Waals surface area contributed by atoms with Gasteiger partial charge >= 0.3 is 0 Å². The molecule has 0 saturated carbocycles. The molecule has 0 aromatic carbocycles. The van der Waals surface area contributed by atoms with E-state index in [0.717, 1.165) is 6.61 Å². The molecule has 13 heavy (non-hydrogen) atoms. The molecule has 2 unspecified atom stereocenters. The first-order chi connectivity index (χ1) is 6.36. The molecule has 3 heteroatoms. The standard InChI is InChI=1S/C10H14OS2/c1-8(9-4-3-7-12-9)13-10-5-2-6-11-10/h3-4,7-8,10H,2,5-6H2,1H3. The van der Waals surface area contributed by atoms with Crippen molar-refractivity contribution in [2.75, 3.05) is 6.61 Å². The minimum absolute atomic E-state index is 0.442. The highest BCUT2D eigenvalue weighted by molar-refractivity contribution is 8.00. The Hall–Kier alpha value is 0.01000. The van der Waals surface area contributed by atoms with Crippen molar-refractivity contribution in [3.05, 3.63) is 22.4 Å². The SMILES string of the molecule is CC(SC1CCCO1)c1cccs1. The number of hydrogen-bond donors (Lipinski definition) is 0. The van der Waals surface area contributed by atoms with Crippen molar-refractivity contribution in [3.8, 4) is 0 Å². The van der Waals surface area contributed by atoms with E-state index in [2.05, 4.69) is 24.4 Å². The second-order valence-corrected chi connectivity index (χ2v) is 5.72. The third-order valence-electron chi connectivity index (χ3n) is 2.19. The maximum Gasteiger partial charge on any atom is 0.103 e. The summed E-state index contributed by atoms with van der Waals surface area (Å²) in [5.41, 5.74) is 0.442. The molecule has 1 nitrogen and oxygen atoms in total. The van der Waals surface area contributed by atoms with E-state index < -0.39 is 0 Å². The van der Waals surface area contributed by atoms with Crippen LogP contribution in [0.25, 0.3) is 0 Å². The van der Waals surface area contributed by atoms with Gasteiger partial charge in [0.15, 0.2) is 0 Å². The quantitative estimate of drug-likeness (QED) is 0.759. The van der Waals surface area contributed by atoms with Gasteiger partial charge in [-0.3, -0.25) is 0 Å². The second-order valence-electron chi connectivity index (χ2n) is 3.24. The average Bonchev–Trinajstić information content (AvgIpc) is 2.74. The molecule has 1 aliphatic rings. The third-order valence-corrected chi connectivity index (χ3v) is 4.73. The summed E-state index contributed by atoms with van der Waals surface area (Å²) in [6.07, 6.45) is 2.45. The molecular formula is C10H14OS2. The van der Waals surface area contributed by atoms with Crippen molar-refractivity contribution in [3.63, 3.8) is 0 Å². The lowest BCUT2D eigenvalue weighted by Crippen LogP contribution is -2.00. The van der Waals surface area contributed by atoms with Crippen LogP contribution >= 0.6 is 23.1 Å². The van der Waals surface area contributed by atoms with Crippen molar-refractivity contribution in [1.29, 1.82) is 0 Å². The lowest BCUT2D eigenvalue weighted by atomic mass is 10.4. The third kappa shape index (κ3) is 2.48. The summed E-state index contributed by atoms with van der Waals surface area (Å²) in [6.45, 7) is 3.22. The van der Waals surface area contributed by atoms with Gasteiger partial charge in [0.2, 0.25) is 0 Å². The molecule has 0 N–H and O–H groups in total. The van der Waals surface area contributed by atoms with Gasteiger partial charge in [-0.2, -0.15) is 0 Å². The molecule has 1 aromatic heterocycles. The molecule has 2 rings (SSSR count). The molecule has 0 amide bonds. The first-order valence-electron chi connectivity index (χ1n) is 4.67. The van der Waals surface area contributed by atoms with Crippen LogP contribution < -0.4 is 0 Å². The number of ether oxygens (including phenoxy) is 1. The first kappa shape index (κ1) is 9.56. The van der Waals surface area contributed by atoms with Gasteiger partial charge in [0.25, 0.3) is 0 Å². The minimum Gasteiger partial charge on any atom is -0.368 e. The van der Waals surface area contributed by atoms with Crippen LogP contribution in [-0.2, 0) is 4.74 Å². The highest BCUT2D eigenvalue weighted by atomic mass is 32.2. The number of rotatable bonds is 3. The predicted octanol–water partition coefficient (Wildman–Crippen LogP) is 3.68. The van der Waals surface area contributed by atoms with E-state index in [1.165, 1.54) is 17.7 Å². The summed E-state index contributed by atoms with van der Waals surface area (Å²) < 4.78 is 5.59. The minimum atomic E-state index is 0.442. The van der Waals surface area contributed by atoms with Crippen LogP contribution in [-0.4, -0.2) is 12.0 Å². The molecular weight excluding hydrogens is 200 g/mol. The maximum absolute atomic E-state index is 5.59. The van der Waals surface area contributed by atoms with Crippen molar-refractivity contribution >= 4 is 23.1 Å². The number of hydrogen-bond acceptors (Lipinski definition) is 3. The van der Waals surface area contributed by atoms with Gasteiger partial charge in [0, 0.05) is 16.7 Å². The monoisotopic (exact) mass is 214 g/mol. The van der Waals surface area contributed by atoms with Crippen LogP contribution in [0.2, 0.25) is 0 Å². The normalized spacial score (nSPS) is 24.8. The summed E-state index contributed by atoms with van der Waals surface area (Å²) in [5.74, 6) is 0. The average molecular weight is 214 g/mol. The van der Waals surface area contributed by atoms with Crippen LogP contribution in [0.1, 0.15) is 29.9 Å². The molecule has 1 saturated heterocycles. The predicted molar refractivity (Wildman–Crippen MR) is 59.3 cm³/mol. The number of thiophene rings is 1. The van der Waals surface area contributed by atoms with Crippen LogP contribution in [0.3, 0.4) is 0 Å². The molecule has 0 radical (unpaired) electrons. The van der Waals surface area contributed by atoms with Gasteiger partial charge in [-0.25, -0.2) is 0 Å².